The van der Waals surface area contributed by atoms with Gasteiger partial charge in [0.05, 0.1) is 12.2 Å². The van der Waals surface area contributed by atoms with Crippen LogP contribution in [0.1, 0.15) is 76.7 Å². The summed E-state index contributed by atoms with van der Waals surface area (Å²) in [7, 11) is 0. The van der Waals surface area contributed by atoms with E-state index in [-0.39, 0.29) is 24.0 Å². The van der Waals surface area contributed by atoms with Gasteiger partial charge in [-0.25, -0.2) is 5.01 Å². The van der Waals surface area contributed by atoms with Crippen molar-refractivity contribution in [2.24, 2.45) is 0 Å². The molecule has 0 bridgehead atoms. The van der Waals surface area contributed by atoms with E-state index in [0.29, 0.717) is 0 Å². The topological polar surface area (TPSA) is 21.5 Å². The summed E-state index contributed by atoms with van der Waals surface area (Å²) >= 11 is 0. The second-order valence-corrected chi connectivity index (χ2v) is 9.79. The fourth-order valence-electron chi connectivity index (χ4n) is 4.92. The van der Waals surface area contributed by atoms with Crippen molar-refractivity contribution in [3.8, 4) is 0 Å². The summed E-state index contributed by atoms with van der Waals surface area (Å²) in [5, 5.41) is 4.65. The molecule has 5 heteroatoms. The Bertz CT molecular complexity index is 1040. The van der Waals surface area contributed by atoms with Crippen LogP contribution in [0.5, 0.6) is 0 Å². The van der Waals surface area contributed by atoms with Crippen LogP contribution in [0.3, 0.4) is 0 Å². The Morgan fingerprint density at radius 1 is 0.676 bits per heavy atom. The third kappa shape index (κ3) is 8.77. The Balaban J connectivity index is 0.00000380. The van der Waals surface area contributed by atoms with Gasteiger partial charge in [0.1, 0.15) is 12.2 Å². The predicted molar refractivity (Wildman–Crippen MR) is 153 cm³/mol. The number of hydrogen-bond donors (Lipinski definition) is 1. The maximum absolute atomic E-state index is 3.70. The van der Waals surface area contributed by atoms with Crippen molar-refractivity contribution >= 4 is 17.1 Å². The monoisotopic (exact) mass is 610 g/mol. The van der Waals surface area contributed by atoms with Crippen molar-refractivity contribution < 1.29 is 28.8 Å². The minimum Gasteiger partial charge on any atom is -1.00 e. The van der Waals surface area contributed by atoms with Gasteiger partial charge in [-0.2, -0.15) is 0 Å². The third-order valence-corrected chi connectivity index (χ3v) is 6.97. The van der Waals surface area contributed by atoms with E-state index < -0.39 is 0 Å². The Morgan fingerprint density at radius 3 is 1.78 bits per heavy atom. The molecular formula is C32H43IN4. The van der Waals surface area contributed by atoms with Crippen molar-refractivity contribution in [1.82, 2.24) is 5.53 Å². The molecule has 3 aromatic carbocycles. The molecule has 0 atom stereocenters. The zero-order chi connectivity index (χ0) is 24.8. The Labute approximate surface area is 241 Å². The molecule has 1 heterocycles. The molecule has 37 heavy (non-hydrogen) atoms. The van der Waals surface area contributed by atoms with Crippen LogP contribution in [0, 0.1) is 0 Å². The molecule has 1 aliphatic heterocycles. The van der Waals surface area contributed by atoms with Gasteiger partial charge in [-0.15, -0.1) is 5.01 Å². The largest absolute Gasteiger partial charge is 1.00 e. The zero-order valence-electron chi connectivity index (χ0n) is 22.4. The molecular weight excluding hydrogens is 567 g/mol. The predicted octanol–water partition coefficient (Wildman–Crippen LogP) is 4.77. The van der Waals surface area contributed by atoms with Gasteiger partial charge in [-0.05, 0) is 42.8 Å². The highest BCUT2D eigenvalue weighted by molar-refractivity contribution is 6.00. The Hall–Kier alpha value is -2.54. The first kappa shape index (κ1) is 29.0. The second kappa shape index (κ2) is 16.3. The number of hydrazine groups is 3. The highest BCUT2D eigenvalue weighted by Gasteiger charge is 2.36. The molecule has 0 spiro atoms. The van der Waals surface area contributed by atoms with Gasteiger partial charge in [-0.1, -0.05) is 125 Å². The van der Waals surface area contributed by atoms with Crippen LogP contribution in [-0.4, -0.2) is 23.6 Å². The zero-order valence-corrected chi connectivity index (χ0v) is 24.5. The lowest BCUT2D eigenvalue weighted by Crippen LogP contribution is -3.00. The molecule has 1 aliphatic rings. The minimum absolute atomic E-state index is 0. The van der Waals surface area contributed by atoms with Gasteiger partial charge in [-0.3, -0.25) is 0 Å². The van der Waals surface area contributed by atoms with E-state index in [1.54, 1.807) is 0 Å². The van der Waals surface area contributed by atoms with Gasteiger partial charge >= 0.3 is 0 Å². The molecule has 1 N–H and O–H groups in total. The van der Waals surface area contributed by atoms with Crippen LogP contribution in [0.4, 0.5) is 11.4 Å². The smallest absolute Gasteiger partial charge is 0.270 e. The van der Waals surface area contributed by atoms with Gasteiger partial charge in [0.15, 0.2) is 0 Å². The molecule has 198 valence electrons. The fraction of sp³-hybridized carbons (Fsp3) is 0.406. The second-order valence-electron chi connectivity index (χ2n) is 9.79. The lowest BCUT2D eigenvalue weighted by Gasteiger charge is -2.21. The molecule has 0 unspecified atom stereocenters. The summed E-state index contributed by atoms with van der Waals surface area (Å²) in [4.78, 5) is 2.27. The Morgan fingerprint density at radius 2 is 1.19 bits per heavy atom. The summed E-state index contributed by atoms with van der Waals surface area (Å²) in [6, 6.07) is 32.1. The van der Waals surface area contributed by atoms with Crippen LogP contribution in [0.25, 0.3) is 0 Å². The molecule has 4 nitrogen and oxygen atoms in total. The standard InChI is InChI=1S/C32H43N4.HI/c1-2-3-4-5-6-7-8-9-10-20-27-35(31-25-18-13-19-26-31)36-32(29-21-14-11-15-22-29)28-34(33-36)30-23-16-12-17-24-30;/h11-19,21-26,33H,2-10,20,27-28H2,1H3;1H/q+1;/p-1. The number of benzene rings is 3. The maximum Gasteiger partial charge on any atom is 0.270 e. The third-order valence-electron chi connectivity index (χ3n) is 6.97. The van der Waals surface area contributed by atoms with E-state index in [4.69, 9.17) is 0 Å². The van der Waals surface area contributed by atoms with Crippen molar-refractivity contribution in [1.29, 1.82) is 0 Å². The van der Waals surface area contributed by atoms with E-state index in [2.05, 4.69) is 118 Å². The van der Waals surface area contributed by atoms with Gasteiger partial charge < -0.3 is 24.0 Å². The lowest BCUT2D eigenvalue weighted by atomic mass is 10.1. The van der Waals surface area contributed by atoms with Crippen molar-refractivity contribution in [2.45, 2.75) is 71.1 Å². The Kier molecular flexibility index (Phi) is 12.8. The molecule has 4 rings (SSSR count). The number of para-hydroxylation sites is 2. The van der Waals surface area contributed by atoms with E-state index in [1.165, 1.54) is 86.9 Å². The number of unbranched alkanes of at least 4 members (excludes halogenated alkanes) is 9. The van der Waals surface area contributed by atoms with Crippen LogP contribution in [0.15, 0.2) is 91.0 Å². The van der Waals surface area contributed by atoms with Gasteiger partial charge in [0.25, 0.3) is 5.71 Å². The molecule has 0 radical (unpaired) electrons. The molecule has 0 saturated heterocycles. The summed E-state index contributed by atoms with van der Waals surface area (Å²) in [5.74, 6) is 0. The molecule has 0 amide bonds. The highest BCUT2D eigenvalue weighted by Crippen LogP contribution is 2.21. The summed E-state index contributed by atoms with van der Waals surface area (Å²) in [5.41, 5.74) is 8.58. The molecule has 0 aromatic heterocycles. The SMILES string of the molecule is CCCCCCCCCCCCN(c1ccccc1)[N+]1=C(c2ccccc2)CN(c2ccccc2)N1.[I-]. The summed E-state index contributed by atoms with van der Waals surface area (Å²) < 4.78 is 0. The molecule has 3 aromatic rings. The number of nitrogens with zero attached hydrogens (tertiary/aromatic N) is 3. The van der Waals surface area contributed by atoms with Crippen molar-refractivity contribution in [2.75, 3.05) is 23.1 Å². The first-order chi connectivity index (χ1) is 17.9. The fourth-order valence-corrected chi connectivity index (χ4v) is 4.92. The number of hydrogen-bond acceptors (Lipinski definition) is 3. The molecule has 0 saturated carbocycles. The van der Waals surface area contributed by atoms with E-state index in [9.17, 15) is 0 Å². The van der Waals surface area contributed by atoms with Gasteiger partial charge in [0, 0.05) is 10.4 Å². The minimum atomic E-state index is 0. The maximum atomic E-state index is 3.70. The van der Waals surface area contributed by atoms with Crippen molar-refractivity contribution in [3.05, 3.63) is 96.6 Å². The number of anilines is 2. The average Bonchev–Trinajstić information content (AvgIpc) is 3.38. The summed E-state index contributed by atoms with van der Waals surface area (Å²) in [6.45, 7) is 4.07. The number of rotatable bonds is 15. The highest BCUT2D eigenvalue weighted by atomic mass is 127. The number of hydrazone groups is 2. The van der Waals surface area contributed by atoms with Crippen LogP contribution >= 0.6 is 0 Å². The van der Waals surface area contributed by atoms with E-state index in [1.807, 2.05) is 0 Å². The number of nitrogens with one attached hydrogen (secondary N) is 1. The molecule has 0 aliphatic carbocycles. The van der Waals surface area contributed by atoms with Crippen molar-refractivity contribution in [3.63, 3.8) is 0 Å². The summed E-state index contributed by atoms with van der Waals surface area (Å²) in [6.07, 6.45) is 13.5. The first-order valence-corrected chi connectivity index (χ1v) is 14.0. The normalized spacial score (nSPS) is 12.8. The van der Waals surface area contributed by atoms with Crippen LogP contribution in [-0.2, 0) is 0 Å². The quantitative estimate of drug-likeness (QED) is 0.152. The van der Waals surface area contributed by atoms with E-state index >= 15 is 0 Å². The average molecular weight is 611 g/mol. The van der Waals surface area contributed by atoms with Crippen LogP contribution < -0.4 is 39.5 Å². The first-order valence-electron chi connectivity index (χ1n) is 14.0. The number of halogens is 1. The van der Waals surface area contributed by atoms with Crippen LogP contribution in [0.2, 0.25) is 0 Å². The molecule has 0 fully saturated rings. The van der Waals surface area contributed by atoms with E-state index in [0.717, 1.165) is 13.1 Å². The van der Waals surface area contributed by atoms with Gasteiger partial charge in [0.2, 0.25) is 0 Å². The lowest BCUT2D eigenvalue weighted by molar-refractivity contribution is -0.592.